The fourth-order valence-electron chi connectivity index (χ4n) is 2.79. The van der Waals surface area contributed by atoms with Crippen LogP contribution in [0.4, 0.5) is 26.3 Å². The van der Waals surface area contributed by atoms with Gasteiger partial charge in [0, 0.05) is 16.9 Å². The van der Waals surface area contributed by atoms with Crippen molar-refractivity contribution in [1.29, 1.82) is 0 Å². The second-order valence-electron chi connectivity index (χ2n) is 8.25. The molecule has 2 aromatic carbocycles. The predicted octanol–water partition coefficient (Wildman–Crippen LogP) is 3.94. The number of halogens is 6. The molecule has 0 fully saturated rings. The van der Waals surface area contributed by atoms with E-state index in [9.17, 15) is 31.1 Å². The zero-order valence-electron chi connectivity index (χ0n) is 19.5. The fourth-order valence-corrected chi connectivity index (χ4v) is 3.86. The molecule has 11 heteroatoms. The summed E-state index contributed by atoms with van der Waals surface area (Å²) in [4.78, 5) is 12.9. The fraction of sp³-hybridized carbons (Fsp3) is 0.435. The van der Waals surface area contributed by atoms with Crippen molar-refractivity contribution >= 4 is 19.4 Å². The van der Waals surface area contributed by atoms with E-state index < -0.39 is 43.1 Å². The Balaban J connectivity index is 0.00000578. The van der Waals surface area contributed by atoms with Gasteiger partial charge in [-0.05, 0) is 44.7 Å². The summed E-state index contributed by atoms with van der Waals surface area (Å²) in [6.45, 7) is 8.29. The summed E-state index contributed by atoms with van der Waals surface area (Å²) in [6.07, 6.45) is -10.2. The monoisotopic (exact) mass is 501 g/mol. The maximum atomic E-state index is 13.4. The molecule has 0 spiro atoms. The zero-order valence-corrected chi connectivity index (χ0v) is 20.5. The van der Waals surface area contributed by atoms with Crippen molar-refractivity contribution in [2.24, 2.45) is 11.8 Å². The van der Waals surface area contributed by atoms with Crippen molar-refractivity contribution in [2.45, 2.75) is 40.0 Å². The number of rotatable bonds is 9. The molecule has 1 atom stereocenters. The minimum Gasteiger partial charge on any atom is -0.493 e. The number of ether oxygens (including phenoxy) is 2. The minimum absolute atomic E-state index is 0. The van der Waals surface area contributed by atoms with Gasteiger partial charge in [-0.15, -0.1) is 0 Å². The van der Waals surface area contributed by atoms with Crippen LogP contribution in [0.3, 0.4) is 0 Å². The second kappa shape index (κ2) is 12.3. The number of hydrogen-bond acceptors (Lipinski definition) is 3. The molecule has 0 saturated carbocycles. The Hall–Kier alpha value is -1.68. The van der Waals surface area contributed by atoms with Crippen LogP contribution >= 0.6 is 8.58 Å². The van der Waals surface area contributed by atoms with Gasteiger partial charge in [-0.1, -0.05) is 33.8 Å². The molecule has 0 aromatic heterocycles. The Morgan fingerprint density at radius 1 is 0.853 bits per heavy atom. The summed E-state index contributed by atoms with van der Waals surface area (Å²) in [6, 6.07) is 6.05. The first-order chi connectivity index (χ1) is 15.2. The van der Waals surface area contributed by atoms with Crippen LogP contribution < -0.4 is 33.6 Å². The van der Waals surface area contributed by atoms with Gasteiger partial charge in [-0.2, -0.15) is 26.3 Å². The number of carbonyl (C=O) groups is 1. The molecule has 0 saturated heterocycles. The van der Waals surface area contributed by atoms with E-state index >= 15 is 0 Å². The molecule has 0 radical (unpaired) electrons. The topological polar surface area (TPSA) is 35.5 Å². The normalized spacial score (nSPS) is 12.4. The van der Waals surface area contributed by atoms with Crippen molar-refractivity contribution in [2.75, 3.05) is 13.2 Å². The molecule has 1 unspecified atom stereocenters. The van der Waals surface area contributed by atoms with Crippen LogP contribution in [0.1, 0.15) is 49.2 Å². The standard InChI is InChI=1S/C23H25F6O3P.Li/c1-13(2)11-31-15-8-9-19(18(10-15)32-12-14(3)4)33-21(30)20-16(22(24,25)26)6-5-7-17(20)23(27,28)29;/h5-10,13-14,33H,11-12H2,1-4H3;/q;+1. The molecule has 0 amide bonds. The van der Waals surface area contributed by atoms with E-state index in [2.05, 4.69) is 0 Å². The van der Waals surface area contributed by atoms with Crippen molar-refractivity contribution < 1.29 is 59.5 Å². The summed E-state index contributed by atoms with van der Waals surface area (Å²) < 4.78 is 92.0. The molecule has 2 aromatic rings. The molecule has 0 aliphatic rings. The average molecular weight is 501 g/mol. The summed E-state index contributed by atoms with van der Waals surface area (Å²) in [5.41, 5.74) is -5.89. The summed E-state index contributed by atoms with van der Waals surface area (Å²) in [5, 5.41) is 0.197. The van der Waals surface area contributed by atoms with Crippen LogP contribution in [-0.2, 0) is 12.4 Å². The molecule has 0 heterocycles. The average Bonchev–Trinajstić information content (AvgIpc) is 2.69. The first kappa shape index (κ1) is 30.3. The third-order valence-electron chi connectivity index (χ3n) is 4.26. The summed E-state index contributed by atoms with van der Waals surface area (Å²) >= 11 is 0. The minimum atomic E-state index is -5.12. The van der Waals surface area contributed by atoms with E-state index in [1.807, 2.05) is 27.7 Å². The maximum absolute atomic E-state index is 13.4. The van der Waals surface area contributed by atoms with Gasteiger partial charge in [0.05, 0.1) is 24.3 Å². The van der Waals surface area contributed by atoms with Crippen LogP contribution in [-0.4, -0.2) is 18.7 Å². The van der Waals surface area contributed by atoms with Crippen LogP contribution in [0, 0.1) is 11.8 Å². The number of hydrogen-bond donors (Lipinski definition) is 0. The van der Waals surface area contributed by atoms with E-state index in [0.29, 0.717) is 30.6 Å². The van der Waals surface area contributed by atoms with Crippen LogP contribution in [0.15, 0.2) is 36.4 Å². The van der Waals surface area contributed by atoms with Crippen LogP contribution in [0.2, 0.25) is 0 Å². The van der Waals surface area contributed by atoms with Gasteiger partial charge in [-0.25, -0.2) is 0 Å². The van der Waals surface area contributed by atoms with Crippen molar-refractivity contribution in [3.05, 3.63) is 53.1 Å². The number of carbonyl (C=O) groups excluding carboxylic acids is 1. The molecule has 0 N–H and O–H groups in total. The summed E-state index contributed by atoms with van der Waals surface area (Å²) in [5.74, 6) is 0.942. The van der Waals surface area contributed by atoms with E-state index in [-0.39, 0.29) is 48.4 Å². The Morgan fingerprint density at radius 3 is 1.82 bits per heavy atom. The van der Waals surface area contributed by atoms with Crippen molar-refractivity contribution in [3.63, 3.8) is 0 Å². The summed E-state index contributed by atoms with van der Waals surface area (Å²) in [7, 11) is -1.02. The molecule has 0 aliphatic heterocycles. The van der Waals surface area contributed by atoms with Crippen molar-refractivity contribution in [1.82, 2.24) is 0 Å². The van der Waals surface area contributed by atoms with Gasteiger partial charge in [0.15, 0.2) is 5.52 Å². The Bertz CT molecular complexity index is 942. The van der Waals surface area contributed by atoms with Gasteiger partial charge < -0.3 is 9.47 Å². The van der Waals surface area contributed by atoms with Crippen LogP contribution in [0.5, 0.6) is 11.5 Å². The largest absolute Gasteiger partial charge is 1.00 e. The Morgan fingerprint density at radius 2 is 1.35 bits per heavy atom. The van der Waals surface area contributed by atoms with Crippen molar-refractivity contribution in [3.8, 4) is 11.5 Å². The quantitative estimate of drug-likeness (QED) is 0.297. The van der Waals surface area contributed by atoms with Crippen LogP contribution in [0.25, 0.3) is 0 Å². The molecule has 3 nitrogen and oxygen atoms in total. The third-order valence-corrected chi connectivity index (χ3v) is 5.42. The second-order valence-corrected chi connectivity index (χ2v) is 9.49. The van der Waals surface area contributed by atoms with Gasteiger partial charge in [0.1, 0.15) is 11.5 Å². The molecule has 34 heavy (non-hydrogen) atoms. The molecular formula is C23H25F6LiO3P+. The predicted molar refractivity (Wildman–Crippen MR) is 116 cm³/mol. The number of benzene rings is 2. The van der Waals surface area contributed by atoms with E-state index in [1.54, 1.807) is 0 Å². The van der Waals surface area contributed by atoms with Gasteiger partial charge >= 0.3 is 31.2 Å². The van der Waals surface area contributed by atoms with E-state index in [1.165, 1.54) is 18.2 Å². The first-order valence-electron chi connectivity index (χ1n) is 10.2. The first-order valence-corrected chi connectivity index (χ1v) is 11.2. The Kier molecular flexibility index (Phi) is 11.0. The van der Waals surface area contributed by atoms with Gasteiger partial charge in [0.2, 0.25) is 0 Å². The third kappa shape index (κ3) is 8.52. The zero-order chi connectivity index (χ0) is 25.0. The maximum Gasteiger partial charge on any atom is 1.00 e. The van der Waals surface area contributed by atoms with Gasteiger partial charge in [0.25, 0.3) is 0 Å². The van der Waals surface area contributed by atoms with E-state index in [4.69, 9.17) is 9.47 Å². The smallest absolute Gasteiger partial charge is 0.493 e. The SMILES string of the molecule is CC(C)COc1ccc(PC(=O)c2c(C(F)(F)F)cccc2C(F)(F)F)c(OCC(C)C)c1.[Li+]. The molecule has 0 aliphatic carbocycles. The van der Waals surface area contributed by atoms with Gasteiger partial charge in [-0.3, -0.25) is 4.79 Å². The van der Waals surface area contributed by atoms with E-state index in [0.717, 1.165) is 0 Å². The molecular weight excluding hydrogens is 476 g/mol. The molecule has 2 rings (SSSR count). The molecule has 0 bridgehead atoms. The Labute approximate surface area is 208 Å². The number of alkyl halides is 6. The molecule has 182 valence electrons.